The summed E-state index contributed by atoms with van der Waals surface area (Å²) in [7, 11) is -1.99. The van der Waals surface area contributed by atoms with Crippen LogP contribution >= 0.6 is 0 Å². The van der Waals surface area contributed by atoms with Gasteiger partial charge in [0.15, 0.2) is 5.82 Å². The van der Waals surface area contributed by atoms with E-state index in [1.165, 1.54) is 10.7 Å². The largest absolute Gasteiger partial charge is 0.369 e. The summed E-state index contributed by atoms with van der Waals surface area (Å²) in [6.45, 7) is 2.65. The molecule has 0 spiro atoms. The average Bonchev–Trinajstić information content (AvgIpc) is 2.81. The number of hydrogen-bond donors (Lipinski definition) is 2. The highest BCUT2D eigenvalue weighted by atomic mass is 32.2. The molecule has 0 aliphatic heterocycles. The zero-order valence-electron chi connectivity index (χ0n) is 11.4. The number of anilines is 2. The van der Waals surface area contributed by atoms with E-state index < -0.39 is 10.0 Å². The molecule has 108 valence electrons. The fourth-order valence-corrected chi connectivity index (χ4v) is 2.78. The number of nitrogens with one attached hydrogen (secondary N) is 2. The summed E-state index contributed by atoms with van der Waals surface area (Å²) in [6.07, 6.45) is 4.10. The van der Waals surface area contributed by atoms with E-state index in [1.807, 2.05) is 6.92 Å². The molecule has 0 aromatic carbocycles. The molecule has 0 radical (unpaired) electrons. The lowest BCUT2D eigenvalue weighted by molar-refractivity contribution is 0.600. The highest BCUT2D eigenvalue weighted by Gasteiger charge is 2.20. The fourth-order valence-electron chi connectivity index (χ4n) is 1.65. The van der Waals surface area contributed by atoms with Gasteiger partial charge in [-0.2, -0.15) is 5.10 Å². The lowest BCUT2D eigenvalue weighted by Crippen LogP contribution is -2.17. The maximum atomic E-state index is 12.4. The molecule has 0 saturated carbocycles. The Bertz CT molecular complexity index is 681. The zero-order valence-corrected chi connectivity index (χ0v) is 12.2. The third-order valence-electron chi connectivity index (χ3n) is 2.56. The number of aryl methyl sites for hydroxylation is 1. The molecule has 2 aromatic rings. The molecule has 0 aliphatic carbocycles. The average molecular weight is 295 g/mol. The fraction of sp³-hybridized carbons (Fsp3) is 0.333. The van der Waals surface area contributed by atoms with Gasteiger partial charge in [0.25, 0.3) is 10.0 Å². The summed E-state index contributed by atoms with van der Waals surface area (Å²) < 4.78 is 28.7. The number of aromatic nitrogens is 3. The van der Waals surface area contributed by atoms with Crippen molar-refractivity contribution in [2.24, 2.45) is 7.05 Å². The summed E-state index contributed by atoms with van der Waals surface area (Å²) in [5.41, 5.74) is 0. The van der Waals surface area contributed by atoms with Crippen LogP contribution in [0.15, 0.2) is 35.5 Å². The van der Waals surface area contributed by atoms with Crippen LogP contribution in [0.3, 0.4) is 0 Å². The van der Waals surface area contributed by atoms with E-state index in [-0.39, 0.29) is 10.7 Å². The molecule has 0 bridgehead atoms. The van der Waals surface area contributed by atoms with Crippen molar-refractivity contribution in [1.29, 1.82) is 0 Å². The molecule has 2 aromatic heterocycles. The van der Waals surface area contributed by atoms with E-state index in [0.29, 0.717) is 12.4 Å². The number of pyridine rings is 1. The Labute approximate surface area is 118 Å². The molecule has 0 fully saturated rings. The van der Waals surface area contributed by atoms with Gasteiger partial charge in [0, 0.05) is 32.1 Å². The first kappa shape index (κ1) is 14.3. The Balaban J connectivity index is 2.29. The van der Waals surface area contributed by atoms with Crippen LogP contribution in [0.2, 0.25) is 0 Å². The standard InChI is InChI=1S/C12H17N5O2S/c1-3-7-13-12-10(5-4-8-14-12)20(18,19)16-11-6-9-17(2)15-11/h4-6,8-9H,3,7H2,1-2H3,(H,13,14)(H,15,16). The minimum Gasteiger partial charge on any atom is -0.369 e. The van der Waals surface area contributed by atoms with Crippen molar-refractivity contribution in [3.63, 3.8) is 0 Å². The minimum atomic E-state index is -3.71. The molecule has 0 atom stereocenters. The third-order valence-corrected chi connectivity index (χ3v) is 3.94. The van der Waals surface area contributed by atoms with Crippen LogP contribution in [-0.4, -0.2) is 29.7 Å². The van der Waals surface area contributed by atoms with E-state index in [9.17, 15) is 8.42 Å². The van der Waals surface area contributed by atoms with Gasteiger partial charge in [-0.15, -0.1) is 0 Å². The summed E-state index contributed by atoms with van der Waals surface area (Å²) >= 11 is 0. The van der Waals surface area contributed by atoms with Gasteiger partial charge in [-0.05, 0) is 18.6 Å². The summed E-state index contributed by atoms with van der Waals surface area (Å²) in [5.74, 6) is 0.621. The summed E-state index contributed by atoms with van der Waals surface area (Å²) in [4.78, 5) is 4.18. The molecule has 7 nitrogen and oxygen atoms in total. The van der Waals surface area contributed by atoms with Crippen LogP contribution in [0.4, 0.5) is 11.6 Å². The van der Waals surface area contributed by atoms with Crippen LogP contribution in [0.1, 0.15) is 13.3 Å². The number of rotatable bonds is 6. The van der Waals surface area contributed by atoms with Crippen LogP contribution in [-0.2, 0) is 17.1 Å². The number of nitrogens with zero attached hydrogens (tertiary/aromatic N) is 3. The van der Waals surface area contributed by atoms with E-state index in [0.717, 1.165) is 6.42 Å². The molecule has 8 heteroatoms. The number of sulfonamides is 1. The van der Waals surface area contributed by atoms with Gasteiger partial charge < -0.3 is 5.32 Å². The highest BCUT2D eigenvalue weighted by molar-refractivity contribution is 7.92. The smallest absolute Gasteiger partial charge is 0.266 e. The third kappa shape index (κ3) is 3.27. The summed E-state index contributed by atoms with van der Waals surface area (Å²) in [5, 5.41) is 7.00. The van der Waals surface area contributed by atoms with Crippen molar-refractivity contribution in [3.05, 3.63) is 30.6 Å². The van der Waals surface area contributed by atoms with E-state index in [1.54, 1.807) is 31.6 Å². The minimum absolute atomic E-state index is 0.110. The quantitative estimate of drug-likeness (QED) is 0.841. The lowest BCUT2D eigenvalue weighted by Gasteiger charge is -2.11. The van der Waals surface area contributed by atoms with Gasteiger partial charge in [0.2, 0.25) is 0 Å². The Hall–Kier alpha value is -2.09. The first-order valence-corrected chi connectivity index (χ1v) is 7.72. The highest BCUT2D eigenvalue weighted by Crippen LogP contribution is 2.20. The predicted octanol–water partition coefficient (Wildman–Crippen LogP) is 1.44. The molecule has 0 saturated heterocycles. The van der Waals surface area contributed by atoms with Crippen LogP contribution in [0.5, 0.6) is 0 Å². The van der Waals surface area contributed by atoms with Crippen molar-refractivity contribution in [2.45, 2.75) is 18.2 Å². The molecule has 0 amide bonds. The molecule has 2 rings (SSSR count). The van der Waals surface area contributed by atoms with Crippen molar-refractivity contribution in [2.75, 3.05) is 16.6 Å². The van der Waals surface area contributed by atoms with Gasteiger partial charge in [-0.3, -0.25) is 9.40 Å². The van der Waals surface area contributed by atoms with Crippen LogP contribution in [0.25, 0.3) is 0 Å². The molecule has 2 N–H and O–H groups in total. The van der Waals surface area contributed by atoms with Gasteiger partial charge in [0.1, 0.15) is 10.7 Å². The molecule has 2 heterocycles. The normalized spacial score (nSPS) is 11.3. The first-order valence-electron chi connectivity index (χ1n) is 6.24. The van der Waals surface area contributed by atoms with Gasteiger partial charge in [0.05, 0.1) is 0 Å². The molecule has 20 heavy (non-hydrogen) atoms. The SMILES string of the molecule is CCCNc1ncccc1S(=O)(=O)Nc1ccn(C)n1. The molecule has 0 aliphatic rings. The van der Waals surface area contributed by atoms with Crippen molar-refractivity contribution >= 4 is 21.7 Å². The van der Waals surface area contributed by atoms with Crippen molar-refractivity contribution in [3.8, 4) is 0 Å². The maximum Gasteiger partial charge on any atom is 0.266 e. The maximum absolute atomic E-state index is 12.4. The molecular formula is C12H17N5O2S. The van der Waals surface area contributed by atoms with Gasteiger partial charge >= 0.3 is 0 Å². The first-order chi connectivity index (χ1) is 9.53. The second kappa shape index (κ2) is 5.91. The molecule has 0 unspecified atom stereocenters. The lowest BCUT2D eigenvalue weighted by atomic mass is 10.4. The second-order valence-electron chi connectivity index (χ2n) is 4.26. The second-order valence-corrected chi connectivity index (χ2v) is 5.91. The molecular weight excluding hydrogens is 278 g/mol. The topological polar surface area (TPSA) is 88.9 Å². The zero-order chi connectivity index (χ0) is 14.6. The Kier molecular flexibility index (Phi) is 4.23. The Morgan fingerprint density at radius 2 is 2.15 bits per heavy atom. The van der Waals surface area contributed by atoms with Crippen molar-refractivity contribution < 1.29 is 8.42 Å². The predicted molar refractivity (Wildman–Crippen MR) is 77.0 cm³/mol. The van der Waals surface area contributed by atoms with E-state index in [2.05, 4.69) is 20.1 Å². The van der Waals surface area contributed by atoms with Crippen LogP contribution in [0, 0.1) is 0 Å². The van der Waals surface area contributed by atoms with Gasteiger partial charge in [-0.1, -0.05) is 6.92 Å². The monoisotopic (exact) mass is 295 g/mol. The number of hydrogen-bond acceptors (Lipinski definition) is 5. The Morgan fingerprint density at radius 1 is 1.35 bits per heavy atom. The Morgan fingerprint density at radius 3 is 2.80 bits per heavy atom. The van der Waals surface area contributed by atoms with Crippen LogP contribution < -0.4 is 10.0 Å². The van der Waals surface area contributed by atoms with Crippen molar-refractivity contribution in [1.82, 2.24) is 14.8 Å². The van der Waals surface area contributed by atoms with Gasteiger partial charge in [-0.25, -0.2) is 13.4 Å². The van der Waals surface area contributed by atoms with E-state index in [4.69, 9.17) is 0 Å². The van der Waals surface area contributed by atoms with E-state index >= 15 is 0 Å². The summed E-state index contributed by atoms with van der Waals surface area (Å²) in [6, 6.07) is 4.69.